The van der Waals surface area contributed by atoms with Crippen LogP contribution in [0.4, 0.5) is 0 Å². The molecular weight excluding hydrogens is 505 g/mol. The minimum Gasteiger partial charge on any atom is -0.279 e. The molecule has 0 saturated carbocycles. The molecular formula is C21H14BrCl2N5O2. The summed E-state index contributed by atoms with van der Waals surface area (Å²) >= 11 is 16.1. The van der Waals surface area contributed by atoms with Gasteiger partial charge >= 0.3 is 5.69 Å². The topological polar surface area (TPSA) is 66.2 Å². The fraction of sp³-hybridized carbons (Fsp3) is 0.0952. The van der Waals surface area contributed by atoms with Gasteiger partial charge in [0.05, 0.1) is 16.4 Å². The van der Waals surface area contributed by atoms with E-state index in [1.165, 1.54) is 11.6 Å². The van der Waals surface area contributed by atoms with Gasteiger partial charge in [-0.15, -0.1) is 0 Å². The molecule has 0 N–H and O–H groups in total. The van der Waals surface area contributed by atoms with Crippen LogP contribution >= 0.6 is 39.1 Å². The first-order valence-electron chi connectivity index (χ1n) is 9.19. The zero-order valence-corrected chi connectivity index (χ0v) is 19.4. The summed E-state index contributed by atoms with van der Waals surface area (Å²) in [4.78, 5) is 30.0. The van der Waals surface area contributed by atoms with Gasteiger partial charge in [0.15, 0.2) is 11.2 Å². The van der Waals surface area contributed by atoms with E-state index < -0.39 is 11.2 Å². The molecule has 7 nitrogen and oxygen atoms in total. The molecule has 0 bridgehead atoms. The van der Waals surface area contributed by atoms with Crippen molar-refractivity contribution in [3.63, 3.8) is 0 Å². The minimum absolute atomic E-state index is 0.296. The Kier molecular flexibility index (Phi) is 4.62. The highest BCUT2D eigenvalue weighted by Crippen LogP contribution is 2.33. The molecule has 2 aromatic carbocycles. The second-order valence-electron chi connectivity index (χ2n) is 7.11. The summed E-state index contributed by atoms with van der Waals surface area (Å²) in [6, 6.07) is 13.0. The molecule has 0 radical (unpaired) electrons. The number of hydrogen-bond acceptors (Lipinski definition) is 3. The molecule has 0 aliphatic heterocycles. The van der Waals surface area contributed by atoms with Crippen LogP contribution in [-0.2, 0) is 14.1 Å². The lowest BCUT2D eigenvalue weighted by atomic mass is 10.1. The van der Waals surface area contributed by atoms with Crippen LogP contribution in [0.15, 0.2) is 62.7 Å². The SMILES string of the molecule is Cn1c(=O)c2c(nc3n(-c4ccc(Cl)cc4Cl)c(-c4ccc(Br)cc4)cn23)n(C)c1=O. The first-order valence-corrected chi connectivity index (χ1v) is 10.7. The summed E-state index contributed by atoms with van der Waals surface area (Å²) < 4.78 is 6.92. The zero-order chi connectivity index (χ0) is 22.0. The summed E-state index contributed by atoms with van der Waals surface area (Å²) in [5.74, 6) is 0.454. The second kappa shape index (κ2) is 7.12. The van der Waals surface area contributed by atoms with E-state index in [-0.39, 0.29) is 0 Å². The van der Waals surface area contributed by atoms with Crippen LogP contribution in [0.2, 0.25) is 10.0 Å². The van der Waals surface area contributed by atoms with Crippen molar-refractivity contribution in [2.24, 2.45) is 14.1 Å². The van der Waals surface area contributed by atoms with E-state index in [2.05, 4.69) is 20.9 Å². The van der Waals surface area contributed by atoms with Crippen molar-refractivity contribution >= 4 is 56.1 Å². The molecule has 10 heteroatoms. The number of rotatable bonds is 2. The van der Waals surface area contributed by atoms with Crippen LogP contribution < -0.4 is 11.2 Å². The zero-order valence-electron chi connectivity index (χ0n) is 16.3. The third-order valence-electron chi connectivity index (χ3n) is 5.26. The summed E-state index contributed by atoms with van der Waals surface area (Å²) in [5.41, 5.74) is 2.06. The molecule has 0 aliphatic carbocycles. The predicted molar refractivity (Wildman–Crippen MR) is 126 cm³/mol. The third kappa shape index (κ3) is 2.97. The van der Waals surface area contributed by atoms with Crippen LogP contribution in [-0.4, -0.2) is 23.1 Å². The van der Waals surface area contributed by atoms with Crippen molar-refractivity contribution in [2.45, 2.75) is 0 Å². The van der Waals surface area contributed by atoms with Gasteiger partial charge in [-0.1, -0.05) is 51.3 Å². The lowest BCUT2D eigenvalue weighted by molar-refractivity contribution is 0.708. The number of benzene rings is 2. The van der Waals surface area contributed by atoms with E-state index in [9.17, 15) is 9.59 Å². The lowest BCUT2D eigenvalue weighted by Gasteiger charge is -2.11. The van der Waals surface area contributed by atoms with Crippen LogP contribution in [0.25, 0.3) is 33.9 Å². The van der Waals surface area contributed by atoms with Gasteiger partial charge in [-0.3, -0.25) is 22.9 Å². The number of nitrogens with zero attached hydrogens (tertiary/aromatic N) is 5. The Bertz CT molecular complexity index is 1630. The van der Waals surface area contributed by atoms with E-state index in [1.54, 1.807) is 29.6 Å². The average molecular weight is 519 g/mol. The highest BCUT2D eigenvalue weighted by atomic mass is 79.9. The van der Waals surface area contributed by atoms with Crippen LogP contribution in [0.1, 0.15) is 0 Å². The first-order chi connectivity index (χ1) is 14.8. The van der Waals surface area contributed by atoms with E-state index >= 15 is 0 Å². The molecule has 5 aromatic rings. The Morgan fingerprint density at radius 2 is 1.68 bits per heavy atom. The van der Waals surface area contributed by atoms with Crippen molar-refractivity contribution in [2.75, 3.05) is 0 Å². The van der Waals surface area contributed by atoms with Crippen LogP contribution in [0, 0.1) is 0 Å². The number of halogens is 3. The molecule has 0 saturated heterocycles. The van der Waals surface area contributed by atoms with Crippen molar-refractivity contribution in [3.05, 3.63) is 84.0 Å². The molecule has 0 atom stereocenters. The summed E-state index contributed by atoms with van der Waals surface area (Å²) in [6.45, 7) is 0. The van der Waals surface area contributed by atoms with Gasteiger partial charge in [0.2, 0.25) is 5.78 Å². The van der Waals surface area contributed by atoms with E-state index in [0.29, 0.717) is 32.7 Å². The summed E-state index contributed by atoms with van der Waals surface area (Å²) in [7, 11) is 3.04. The molecule has 156 valence electrons. The van der Waals surface area contributed by atoms with E-state index in [0.717, 1.165) is 20.3 Å². The Labute approximate surface area is 193 Å². The predicted octanol–water partition coefficient (Wildman–Crippen LogP) is 4.41. The highest BCUT2D eigenvalue weighted by molar-refractivity contribution is 9.10. The second-order valence-corrected chi connectivity index (χ2v) is 8.87. The third-order valence-corrected chi connectivity index (χ3v) is 6.32. The monoisotopic (exact) mass is 517 g/mol. The molecule has 3 aromatic heterocycles. The van der Waals surface area contributed by atoms with Crippen molar-refractivity contribution in [1.29, 1.82) is 0 Å². The van der Waals surface area contributed by atoms with Gasteiger partial charge in [0, 0.05) is 35.4 Å². The standard InChI is InChI=1S/C21H14BrCl2N5O2/c1-26-18-17(19(30)27(2)21(26)31)28-10-16(11-3-5-12(22)6-4-11)29(20(28)25-18)15-8-7-13(23)9-14(15)24/h3-10H,1-2H3. The van der Waals surface area contributed by atoms with Gasteiger partial charge in [-0.2, -0.15) is 4.98 Å². The van der Waals surface area contributed by atoms with Crippen molar-refractivity contribution in [3.8, 4) is 16.9 Å². The molecule has 0 fully saturated rings. The normalized spacial score (nSPS) is 11.6. The minimum atomic E-state index is -0.442. The number of imidazole rings is 2. The van der Waals surface area contributed by atoms with Crippen LogP contribution in [0.5, 0.6) is 0 Å². The maximum Gasteiger partial charge on any atom is 0.332 e. The Balaban J connectivity index is 1.98. The quantitative estimate of drug-likeness (QED) is 0.347. The Hall–Kier alpha value is -2.81. The number of aromatic nitrogens is 5. The van der Waals surface area contributed by atoms with Gasteiger partial charge < -0.3 is 0 Å². The first kappa shape index (κ1) is 20.1. The van der Waals surface area contributed by atoms with Gasteiger partial charge in [0.25, 0.3) is 5.56 Å². The fourth-order valence-electron chi connectivity index (χ4n) is 3.70. The van der Waals surface area contributed by atoms with Gasteiger partial charge in [-0.05, 0) is 30.3 Å². The molecule has 0 amide bonds. The smallest absolute Gasteiger partial charge is 0.279 e. The highest BCUT2D eigenvalue weighted by Gasteiger charge is 2.22. The van der Waals surface area contributed by atoms with E-state index in [4.69, 9.17) is 23.2 Å². The maximum atomic E-state index is 13.0. The maximum absolute atomic E-state index is 13.0. The number of fused-ring (bicyclic) bond motifs is 3. The Morgan fingerprint density at radius 3 is 2.35 bits per heavy atom. The molecule has 0 aliphatic rings. The molecule has 0 unspecified atom stereocenters. The summed E-state index contributed by atoms with van der Waals surface area (Å²) in [6.07, 6.45) is 1.82. The van der Waals surface area contributed by atoms with E-state index in [1.807, 2.05) is 35.0 Å². The summed E-state index contributed by atoms with van der Waals surface area (Å²) in [5, 5.41) is 0.935. The van der Waals surface area contributed by atoms with Crippen LogP contribution in [0.3, 0.4) is 0 Å². The van der Waals surface area contributed by atoms with Gasteiger partial charge in [-0.25, -0.2) is 4.79 Å². The molecule has 0 spiro atoms. The van der Waals surface area contributed by atoms with Gasteiger partial charge in [0.1, 0.15) is 0 Å². The lowest BCUT2D eigenvalue weighted by Crippen LogP contribution is -2.37. The molecule has 31 heavy (non-hydrogen) atoms. The largest absolute Gasteiger partial charge is 0.332 e. The van der Waals surface area contributed by atoms with Crippen molar-refractivity contribution < 1.29 is 0 Å². The average Bonchev–Trinajstić information content (AvgIpc) is 3.28. The molecule has 5 rings (SSSR count). The molecule has 3 heterocycles. The number of aryl methyl sites for hydroxylation is 1. The number of hydrogen-bond donors (Lipinski definition) is 0. The fourth-order valence-corrected chi connectivity index (χ4v) is 4.45. The Morgan fingerprint density at radius 1 is 0.968 bits per heavy atom. The van der Waals surface area contributed by atoms with Crippen molar-refractivity contribution in [1.82, 2.24) is 23.1 Å².